The number of carbonyl (C=O) groups is 2. The number of rotatable bonds is 8. The minimum Gasteiger partial charge on any atom is -0.402 e. The number of nitrogens with two attached hydrogens (primary N) is 1. The van der Waals surface area contributed by atoms with E-state index in [9.17, 15) is 14.0 Å². The molecule has 4 aromatic rings. The Hall–Kier alpha value is -4.68. The molecule has 9 nitrogen and oxygen atoms in total. The van der Waals surface area contributed by atoms with Crippen molar-refractivity contribution in [3.05, 3.63) is 117 Å². The molecule has 286 valence electrons. The van der Waals surface area contributed by atoms with Crippen LogP contribution in [0.4, 0.5) is 27.1 Å². The highest BCUT2D eigenvalue weighted by molar-refractivity contribution is 7.16. The number of thiophene rings is 1. The van der Waals surface area contributed by atoms with E-state index >= 15 is 0 Å². The number of ether oxygens (including phenoxy) is 1. The highest BCUT2D eigenvalue weighted by atomic mass is 35.5. The predicted octanol–water partition coefficient (Wildman–Crippen LogP) is 8.74. The molecule has 55 heavy (non-hydrogen) atoms. The number of para-hydroxylation sites is 1. The van der Waals surface area contributed by atoms with Gasteiger partial charge in [-0.2, -0.15) is 0 Å². The van der Waals surface area contributed by atoms with Crippen molar-refractivity contribution in [2.24, 2.45) is 11.1 Å². The molecule has 2 atom stereocenters. The van der Waals surface area contributed by atoms with Crippen LogP contribution in [0.25, 0.3) is 10.4 Å². The van der Waals surface area contributed by atoms with E-state index in [0.29, 0.717) is 46.2 Å². The van der Waals surface area contributed by atoms with Crippen LogP contribution in [0.15, 0.2) is 90.2 Å². The van der Waals surface area contributed by atoms with Crippen molar-refractivity contribution in [2.45, 2.75) is 58.2 Å². The number of allylic oxidation sites excluding steroid dienone is 3. The minimum absolute atomic E-state index is 0.0592. The Balaban J connectivity index is 0.999. The molecule has 2 amide bonds. The maximum atomic E-state index is 14.9. The number of likely N-dealkylation sites (tertiary alicyclic amines) is 1. The van der Waals surface area contributed by atoms with Crippen molar-refractivity contribution >= 4 is 57.5 Å². The molecule has 12 heteroatoms. The summed E-state index contributed by atoms with van der Waals surface area (Å²) in [5.41, 5.74) is 12.1. The predicted molar refractivity (Wildman–Crippen MR) is 220 cm³/mol. The lowest BCUT2D eigenvalue weighted by molar-refractivity contribution is -0.116. The highest BCUT2D eigenvalue weighted by Gasteiger charge is 2.47. The molecule has 0 saturated carbocycles. The van der Waals surface area contributed by atoms with E-state index in [2.05, 4.69) is 40.8 Å². The van der Waals surface area contributed by atoms with Gasteiger partial charge in [0.05, 0.1) is 27.0 Å². The molecule has 0 bridgehead atoms. The lowest BCUT2D eigenvalue weighted by atomic mass is 9.72. The number of hydrogen-bond donors (Lipinski definition) is 4. The van der Waals surface area contributed by atoms with Gasteiger partial charge in [-0.25, -0.2) is 4.39 Å². The third-order valence-corrected chi connectivity index (χ3v) is 13.2. The molecule has 4 aliphatic rings. The van der Waals surface area contributed by atoms with Crippen LogP contribution in [-0.4, -0.2) is 55.6 Å². The molecule has 3 aromatic carbocycles. The van der Waals surface area contributed by atoms with Crippen LogP contribution in [-0.2, 0) is 21.6 Å². The molecule has 1 spiro atoms. The number of anilines is 4. The molecule has 2 unspecified atom stereocenters. The SMILES string of the molecule is CCC(/C(=C\C=C(\C)N)C(=O)Nc1ccc(C(=O)N2CCc3cc(C4(C)Nc5cccc(Cl)c5N4)sc3-c3ccc(F)cc32)cc1)N1CC2(CCOCC2)C1. The summed E-state index contributed by atoms with van der Waals surface area (Å²) in [6.45, 7) is 9.82. The Labute approximate surface area is 330 Å². The van der Waals surface area contributed by atoms with E-state index in [1.807, 2.05) is 24.3 Å². The average molecular weight is 781 g/mol. The van der Waals surface area contributed by atoms with Crippen LogP contribution in [0.5, 0.6) is 0 Å². The molecule has 5 heterocycles. The molecular formula is C43H46ClFN6O3S. The third-order valence-electron chi connectivity index (χ3n) is 11.4. The summed E-state index contributed by atoms with van der Waals surface area (Å²) >= 11 is 8.12. The molecule has 5 N–H and O–H groups in total. The van der Waals surface area contributed by atoms with Gasteiger partial charge in [0.15, 0.2) is 0 Å². The number of carbonyl (C=O) groups excluding carboxylic acids is 2. The zero-order chi connectivity index (χ0) is 38.5. The van der Waals surface area contributed by atoms with E-state index in [1.165, 1.54) is 12.1 Å². The van der Waals surface area contributed by atoms with E-state index in [4.69, 9.17) is 22.1 Å². The first-order valence-electron chi connectivity index (χ1n) is 18.9. The van der Waals surface area contributed by atoms with Crippen LogP contribution in [0.2, 0.25) is 5.02 Å². The van der Waals surface area contributed by atoms with E-state index in [1.54, 1.807) is 59.6 Å². The Morgan fingerprint density at radius 1 is 1.07 bits per heavy atom. The van der Waals surface area contributed by atoms with Crippen molar-refractivity contribution in [3.8, 4) is 10.4 Å². The van der Waals surface area contributed by atoms with Crippen LogP contribution < -0.4 is 26.6 Å². The first-order valence-corrected chi connectivity index (χ1v) is 20.1. The summed E-state index contributed by atoms with van der Waals surface area (Å²) < 4.78 is 20.5. The number of hydrogen-bond acceptors (Lipinski definition) is 8. The van der Waals surface area contributed by atoms with E-state index < -0.39 is 11.5 Å². The van der Waals surface area contributed by atoms with Crippen LogP contribution >= 0.6 is 22.9 Å². The largest absolute Gasteiger partial charge is 0.402 e. The van der Waals surface area contributed by atoms with Gasteiger partial charge in [0.25, 0.3) is 11.8 Å². The van der Waals surface area contributed by atoms with E-state index in [-0.39, 0.29) is 23.3 Å². The molecular weight excluding hydrogens is 735 g/mol. The quantitative estimate of drug-likeness (QED) is 0.105. The number of nitrogens with zero attached hydrogens (tertiary/aromatic N) is 2. The zero-order valence-electron chi connectivity index (χ0n) is 31.3. The standard InChI is InChI=1S/C43H46ClFN6O3S/c1-4-35(50-24-43(25-50)17-20-54-21-18-43)32(14-8-26(2)46)40(52)47-30-12-9-27(10-13-30)41(53)51-19-16-28-22-37(55-39(28)31-15-11-29(45)23-36(31)51)42(3)48-34-7-5-6-33(44)38(34)49-42/h5-15,22-23,35,48-49H,4,16-21,24-25,46H2,1-3H3,(H,47,52)/b26-8-,32-14+. The Bertz CT molecular complexity index is 2200. The summed E-state index contributed by atoms with van der Waals surface area (Å²) in [6.07, 6.45) is 7.07. The second kappa shape index (κ2) is 14.8. The average Bonchev–Trinajstić information content (AvgIpc) is 3.72. The number of nitrogens with one attached hydrogen (secondary N) is 3. The smallest absolute Gasteiger partial charge is 0.258 e. The number of fused-ring (bicyclic) bond motifs is 4. The maximum absolute atomic E-state index is 14.9. The van der Waals surface area contributed by atoms with Crippen molar-refractivity contribution < 1.29 is 18.7 Å². The van der Waals surface area contributed by atoms with Gasteiger partial charge >= 0.3 is 0 Å². The fourth-order valence-electron chi connectivity index (χ4n) is 8.45. The van der Waals surface area contributed by atoms with Crippen LogP contribution in [0.1, 0.15) is 60.8 Å². The molecule has 0 aliphatic carbocycles. The second-order valence-electron chi connectivity index (χ2n) is 15.4. The van der Waals surface area contributed by atoms with Gasteiger partial charge in [-0.15, -0.1) is 11.3 Å². The van der Waals surface area contributed by atoms with Gasteiger partial charge in [0, 0.05) is 77.3 Å². The van der Waals surface area contributed by atoms with E-state index in [0.717, 1.165) is 77.8 Å². The summed E-state index contributed by atoms with van der Waals surface area (Å²) in [6, 6.07) is 19.4. The Morgan fingerprint density at radius 3 is 2.55 bits per heavy atom. The zero-order valence-corrected chi connectivity index (χ0v) is 32.9. The molecule has 0 radical (unpaired) electrons. The molecule has 2 fully saturated rings. The fraction of sp³-hybridized carbons (Fsp3) is 0.349. The summed E-state index contributed by atoms with van der Waals surface area (Å²) in [5.74, 6) is -0.866. The first kappa shape index (κ1) is 37.3. The van der Waals surface area contributed by atoms with Crippen molar-refractivity contribution in [1.29, 1.82) is 0 Å². The van der Waals surface area contributed by atoms with Gasteiger partial charge < -0.3 is 31.3 Å². The monoisotopic (exact) mass is 780 g/mol. The fourth-order valence-corrected chi connectivity index (χ4v) is 9.97. The highest BCUT2D eigenvalue weighted by Crippen LogP contribution is 2.49. The lowest BCUT2D eigenvalue weighted by Gasteiger charge is -2.55. The number of amides is 2. The molecule has 8 rings (SSSR count). The molecule has 1 aromatic heterocycles. The van der Waals surface area contributed by atoms with Gasteiger partial charge in [-0.3, -0.25) is 14.5 Å². The third kappa shape index (κ3) is 7.15. The van der Waals surface area contributed by atoms with Crippen molar-refractivity contribution in [1.82, 2.24) is 4.90 Å². The Kier molecular flexibility index (Phi) is 10.00. The van der Waals surface area contributed by atoms with Crippen LogP contribution in [0, 0.1) is 11.2 Å². The summed E-state index contributed by atoms with van der Waals surface area (Å²) in [5, 5.41) is 10.9. The lowest BCUT2D eigenvalue weighted by Crippen LogP contribution is -2.62. The summed E-state index contributed by atoms with van der Waals surface area (Å²) in [7, 11) is 0. The molecule has 2 saturated heterocycles. The van der Waals surface area contributed by atoms with Crippen molar-refractivity contribution in [2.75, 3.05) is 53.7 Å². The summed E-state index contributed by atoms with van der Waals surface area (Å²) in [4.78, 5) is 34.2. The molecule has 4 aliphatic heterocycles. The normalized spacial score (nSPS) is 21.0. The maximum Gasteiger partial charge on any atom is 0.258 e. The topological polar surface area (TPSA) is 112 Å². The first-order chi connectivity index (χ1) is 26.5. The van der Waals surface area contributed by atoms with Gasteiger partial charge in [0.1, 0.15) is 11.5 Å². The number of halogens is 2. The van der Waals surface area contributed by atoms with Crippen LogP contribution in [0.3, 0.4) is 0 Å². The van der Waals surface area contributed by atoms with Gasteiger partial charge in [-0.1, -0.05) is 30.7 Å². The van der Waals surface area contributed by atoms with Crippen molar-refractivity contribution in [3.63, 3.8) is 0 Å². The Morgan fingerprint density at radius 2 is 1.84 bits per heavy atom. The minimum atomic E-state index is -0.590. The number of benzene rings is 3. The second-order valence-corrected chi connectivity index (χ2v) is 16.8. The van der Waals surface area contributed by atoms with Gasteiger partial charge in [-0.05, 0) is 112 Å². The van der Waals surface area contributed by atoms with Gasteiger partial charge in [0.2, 0.25) is 0 Å².